The zero-order valence-corrected chi connectivity index (χ0v) is 19.6. The molecule has 3 aliphatic rings. The molecule has 1 saturated carbocycles. The largest absolute Gasteiger partial charge is 0.394 e. The van der Waals surface area contributed by atoms with Crippen molar-refractivity contribution < 1.29 is 19.1 Å². The maximum Gasteiger partial charge on any atom is 0.247 e. The van der Waals surface area contributed by atoms with Gasteiger partial charge in [0.05, 0.1) is 19.2 Å². The third kappa shape index (κ3) is 4.10. The first-order chi connectivity index (χ1) is 16.5. The summed E-state index contributed by atoms with van der Waals surface area (Å²) in [6, 6.07) is 4.58. The van der Waals surface area contributed by atoms with Crippen molar-refractivity contribution in [3.8, 4) is 0 Å². The fourth-order valence-electron chi connectivity index (χ4n) is 6.53. The number of rotatable bonds is 7. The lowest BCUT2D eigenvalue weighted by atomic mass is 9.91. The third-order valence-corrected chi connectivity index (χ3v) is 7.97. The Kier molecular flexibility index (Phi) is 6.59. The van der Waals surface area contributed by atoms with Crippen molar-refractivity contribution in [2.75, 3.05) is 33.3 Å². The summed E-state index contributed by atoms with van der Waals surface area (Å²) in [5, 5.41) is 16.4. The molecule has 3 fully saturated rings. The number of aromatic nitrogens is 1. The molecule has 0 bridgehead atoms. The molecule has 1 aliphatic carbocycles. The number of nitrogens with one attached hydrogen (secondary N) is 3. The number of likely N-dealkylation sites (N-methyl/N-ethyl adjacent to an activating group) is 1. The molecule has 8 nitrogen and oxygen atoms in total. The van der Waals surface area contributed by atoms with Crippen molar-refractivity contribution in [3.05, 3.63) is 35.8 Å². The van der Waals surface area contributed by atoms with E-state index in [0.717, 1.165) is 29.4 Å². The summed E-state index contributed by atoms with van der Waals surface area (Å²) in [5.74, 6) is -0.759. The van der Waals surface area contributed by atoms with Gasteiger partial charge in [0, 0.05) is 48.2 Å². The molecular formula is C25H34FN5O3. The number of aromatic amines is 1. The molecule has 34 heavy (non-hydrogen) atoms. The predicted octanol–water partition coefficient (Wildman–Crippen LogP) is 1.31. The monoisotopic (exact) mass is 471 g/mol. The van der Waals surface area contributed by atoms with Gasteiger partial charge in [-0.05, 0) is 50.1 Å². The van der Waals surface area contributed by atoms with Crippen LogP contribution < -0.4 is 10.6 Å². The van der Waals surface area contributed by atoms with E-state index in [1.54, 1.807) is 7.05 Å². The lowest BCUT2D eigenvalue weighted by Gasteiger charge is -2.32. The third-order valence-electron chi connectivity index (χ3n) is 7.97. The Hall–Kier alpha value is -2.49. The number of amides is 2. The van der Waals surface area contributed by atoms with Gasteiger partial charge in [-0.3, -0.25) is 14.5 Å². The maximum atomic E-state index is 13.8. The van der Waals surface area contributed by atoms with Gasteiger partial charge < -0.3 is 25.6 Å². The molecule has 1 aromatic heterocycles. The molecule has 4 N–H and O–H groups in total. The minimum atomic E-state index is -0.960. The molecule has 0 spiro atoms. The van der Waals surface area contributed by atoms with Crippen LogP contribution in [-0.2, 0) is 9.59 Å². The summed E-state index contributed by atoms with van der Waals surface area (Å²) in [7, 11) is 1.66. The molecule has 9 heteroatoms. The Labute approximate surface area is 198 Å². The number of hydrogen-bond acceptors (Lipinski definition) is 5. The first-order valence-corrected chi connectivity index (χ1v) is 12.4. The number of H-pyrrole nitrogens is 1. The van der Waals surface area contributed by atoms with Crippen molar-refractivity contribution in [2.24, 2.45) is 0 Å². The molecule has 2 saturated heterocycles. The second kappa shape index (κ2) is 9.64. The molecule has 3 unspecified atom stereocenters. The maximum absolute atomic E-state index is 13.8. The summed E-state index contributed by atoms with van der Waals surface area (Å²) in [5.41, 5.74) is 1.86. The first kappa shape index (κ1) is 23.3. The van der Waals surface area contributed by atoms with Crippen LogP contribution in [0.5, 0.6) is 0 Å². The van der Waals surface area contributed by atoms with Crippen molar-refractivity contribution in [2.45, 2.75) is 62.2 Å². The van der Waals surface area contributed by atoms with E-state index in [1.165, 1.54) is 37.8 Å². The minimum Gasteiger partial charge on any atom is -0.394 e. The van der Waals surface area contributed by atoms with Crippen molar-refractivity contribution in [1.29, 1.82) is 0 Å². The van der Waals surface area contributed by atoms with E-state index in [4.69, 9.17) is 0 Å². The van der Waals surface area contributed by atoms with E-state index in [9.17, 15) is 19.1 Å². The van der Waals surface area contributed by atoms with Crippen LogP contribution in [0.1, 0.15) is 43.6 Å². The van der Waals surface area contributed by atoms with Gasteiger partial charge in [0.15, 0.2) is 0 Å². The summed E-state index contributed by atoms with van der Waals surface area (Å²) in [4.78, 5) is 33.4. The Bertz CT molecular complexity index is 1050. The second-order valence-corrected chi connectivity index (χ2v) is 9.89. The van der Waals surface area contributed by atoms with Gasteiger partial charge in [-0.2, -0.15) is 0 Å². The van der Waals surface area contributed by atoms with Crippen LogP contribution in [0, 0.1) is 5.82 Å². The van der Waals surface area contributed by atoms with Crippen LogP contribution in [0.2, 0.25) is 0 Å². The number of aliphatic hydroxyl groups is 1. The number of fused-ring (bicyclic) bond motifs is 2. The molecule has 184 valence electrons. The number of likely N-dealkylation sites (tertiary alicyclic amines) is 2. The molecule has 4 atom stereocenters. The van der Waals surface area contributed by atoms with Crippen LogP contribution >= 0.6 is 0 Å². The van der Waals surface area contributed by atoms with Gasteiger partial charge in [0.2, 0.25) is 11.8 Å². The molecule has 3 heterocycles. The molecular weight excluding hydrogens is 437 g/mol. The quantitative estimate of drug-likeness (QED) is 0.488. The van der Waals surface area contributed by atoms with Crippen LogP contribution in [0.25, 0.3) is 10.9 Å². The highest BCUT2D eigenvalue weighted by molar-refractivity contribution is 5.89. The summed E-state index contributed by atoms with van der Waals surface area (Å²) in [6.07, 6.45) is 7.68. The zero-order chi connectivity index (χ0) is 23.8. The molecule has 5 rings (SSSR count). The van der Waals surface area contributed by atoms with Gasteiger partial charge in [-0.25, -0.2) is 4.39 Å². The van der Waals surface area contributed by atoms with Gasteiger partial charge >= 0.3 is 0 Å². The minimum absolute atomic E-state index is 0.0487. The molecule has 2 aromatic rings. The molecule has 0 radical (unpaired) electrons. The van der Waals surface area contributed by atoms with Gasteiger partial charge in [-0.15, -0.1) is 0 Å². The molecule has 2 amide bonds. The highest BCUT2D eigenvalue weighted by Gasteiger charge is 2.53. The van der Waals surface area contributed by atoms with E-state index in [0.29, 0.717) is 12.6 Å². The van der Waals surface area contributed by atoms with E-state index in [-0.39, 0.29) is 42.2 Å². The summed E-state index contributed by atoms with van der Waals surface area (Å²) in [6.45, 7) is 1.10. The van der Waals surface area contributed by atoms with Gasteiger partial charge in [0.1, 0.15) is 11.9 Å². The summed E-state index contributed by atoms with van der Waals surface area (Å²) >= 11 is 0. The second-order valence-electron chi connectivity index (χ2n) is 9.89. The fourth-order valence-corrected chi connectivity index (χ4v) is 6.53. The van der Waals surface area contributed by atoms with Crippen LogP contribution in [0.3, 0.4) is 0 Å². The smallest absolute Gasteiger partial charge is 0.247 e. The Morgan fingerprint density at radius 3 is 2.79 bits per heavy atom. The van der Waals surface area contributed by atoms with E-state index in [2.05, 4.69) is 20.5 Å². The zero-order valence-electron chi connectivity index (χ0n) is 19.6. The van der Waals surface area contributed by atoms with Gasteiger partial charge in [0.25, 0.3) is 0 Å². The fraction of sp³-hybridized carbons (Fsp3) is 0.600. The van der Waals surface area contributed by atoms with Crippen LogP contribution in [0.15, 0.2) is 24.4 Å². The Balaban J connectivity index is 1.46. The number of aliphatic hydroxyl groups excluding tert-OH is 1. The average Bonchev–Trinajstić information content (AvgIpc) is 3.60. The lowest BCUT2D eigenvalue weighted by Crippen LogP contribution is -2.54. The Morgan fingerprint density at radius 1 is 1.26 bits per heavy atom. The van der Waals surface area contributed by atoms with Crippen LogP contribution in [-0.4, -0.2) is 89.2 Å². The van der Waals surface area contributed by atoms with Crippen molar-refractivity contribution in [1.82, 2.24) is 25.4 Å². The topological polar surface area (TPSA) is 101 Å². The number of halogens is 1. The normalized spacial score (nSPS) is 26.3. The average molecular weight is 472 g/mol. The molecule has 1 aromatic carbocycles. The highest BCUT2D eigenvalue weighted by atomic mass is 19.1. The number of carbonyl (C=O) groups is 2. The number of nitrogens with zero attached hydrogens (tertiary/aromatic N) is 2. The van der Waals surface area contributed by atoms with Crippen molar-refractivity contribution in [3.63, 3.8) is 0 Å². The highest BCUT2D eigenvalue weighted by Crippen LogP contribution is 2.45. The van der Waals surface area contributed by atoms with Gasteiger partial charge in [-0.1, -0.05) is 12.8 Å². The van der Waals surface area contributed by atoms with E-state index >= 15 is 0 Å². The van der Waals surface area contributed by atoms with E-state index < -0.39 is 12.6 Å². The Morgan fingerprint density at radius 2 is 2.06 bits per heavy atom. The van der Waals surface area contributed by atoms with E-state index in [1.807, 2.05) is 17.2 Å². The van der Waals surface area contributed by atoms with Crippen LogP contribution in [0.4, 0.5) is 4.39 Å². The lowest BCUT2D eigenvalue weighted by molar-refractivity contribution is -0.138. The number of hydrogen-bond donors (Lipinski definition) is 4. The standard InChI is InChI=1S/C25H34FN5O3/c1-27-12-23(33)29-21(14-32)25(34)30-9-8-22-24(30)19(13-31(22)16-4-2-3-5-16)18-11-28-20-10-15(26)6-7-17(18)20/h6-7,10-11,16,19,21-22,24,27-28,32H,2-5,8-9,12-14H2,1H3,(H,29,33)/t19-,21?,22?,24?/m1/s1. The summed E-state index contributed by atoms with van der Waals surface area (Å²) < 4.78 is 13.8. The number of carbonyl (C=O) groups excluding carboxylic acids is 2. The molecule has 2 aliphatic heterocycles. The first-order valence-electron chi connectivity index (χ1n) is 12.4. The predicted molar refractivity (Wildman–Crippen MR) is 127 cm³/mol. The number of benzene rings is 1. The van der Waals surface area contributed by atoms with Crippen molar-refractivity contribution >= 4 is 22.7 Å². The SMILES string of the molecule is CNCC(=O)NC(CO)C(=O)N1CCC2C1[C@@H](c1c[nH]c3cc(F)ccc13)CN2C1CCCC1.